The second kappa shape index (κ2) is 3.42. The third-order valence-electron chi connectivity index (χ3n) is 2.40. The lowest BCUT2D eigenvalue weighted by Gasteiger charge is -2.10. The van der Waals surface area contributed by atoms with Gasteiger partial charge in [0.05, 0.1) is 6.20 Å². The Bertz CT molecular complexity index is 344. The standard InChI is InChI=1S/C9H12N2O3/c1-14-7(5-2-3-5)8-10-4-6(11-8)9(12)13/h4-5,7H,2-3H2,1H3,(H,10,11)(H,12,13). The highest BCUT2D eigenvalue weighted by molar-refractivity contribution is 5.85. The minimum atomic E-state index is -0.991. The quantitative estimate of drug-likeness (QED) is 0.758. The van der Waals surface area contributed by atoms with Gasteiger partial charge in [0.15, 0.2) is 0 Å². The second-order valence-electron chi connectivity index (χ2n) is 3.48. The van der Waals surface area contributed by atoms with Crippen molar-refractivity contribution in [2.75, 3.05) is 7.11 Å². The molecule has 0 aromatic carbocycles. The summed E-state index contributed by atoms with van der Waals surface area (Å²) in [6, 6.07) is 0. The van der Waals surface area contributed by atoms with E-state index in [0.717, 1.165) is 12.8 Å². The van der Waals surface area contributed by atoms with Crippen molar-refractivity contribution >= 4 is 5.97 Å². The van der Waals surface area contributed by atoms with E-state index in [2.05, 4.69) is 9.97 Å². The first kappa shape index (κ1) is 9.21. The molecule has 1 aliphatic carbocycles. The summed E-state index contributed by atoms with van der Waals surface area (Å²) in [6.45, 7) is 0. The monoisotopic (exact) mass is 196 g/mol. The molecule has 1 saturated carbocycles. The molecule has 0 amide bonds. The Hall–Kier alpha value is -1.36. The number of rotatable bonds is 4. The molecule has 1 heterocycles. The molecule has 0 saturated heterocycles. The summed E-state index contributed by atoms with van der Waals surface area (Å²) in [5.74, 6) is 0.120. The number of aromatic carboxylic acids is 1. The van der Waals surface area contributed by atoms with Crippen LogP contribution < -0.4 is 0 Å². The number of carboxylic acid groups (broad SMARTS) is 1. The maximum Gasteiger partial charge on any atom is 0.353 e. The fourth-order valence-electron chi connectivity index (χ4n) is 1.52. The third-order valence-corrected chi connectivity index (χ3v) is 2.40. The van der Waals surface area contributed by atoms with E-state index in [9.17, 15) is 4.79 Å². The molecule has 2 N–H and O–H groups in total. The van der Waals surface area contributed by atoms with Crippen LogP contribution in [0.2, 0.25) is 0 Å². The first-order chi connectivity index (χ1) is 6.72. The normalized spacial score (nSPS) is 18.1. The molecule has 1 unspecified atom stereocenters. The molecule has 1 aromatic heterocycles. The lowest BCUT2D eigenvalue weighted by Crippen LogP contribution is -2.06. The summed E-state index contributed by atoms with van der Waals surface area (Å²) in [4.78, 5) is 17.4. The zero-order chi connectivity index (χ0) is 10.1. The lowest BCUT2D eigenvalue weighted by molar-refractivity contribution is 0.0684. The molecule has 1 atom stereocenters. The average Bonchev–Trinajstić information content (AvgIpc) is 2.84. The van der Waals surface area contributed by atoms with Gasteiger partial charge in [0.25, 0.3) is 0 Å². The summed E-state index contributed by atoms with van der Waals surface area (Å²) in [5, 5.41) is 8.69. The van der Waals surface area contributed by atoms with E-state index in [1.807, 2.05) is 0 Å². The summed E-state index contributed by atoms with van der Waals surface area (Å²) >= 11 is 0. The van der Waals surface area contributed by atoms with Crippen molar-refractivity contribution in [1.82, 2.24) is 9.97 Å². The van der Waals surface area contributed by atoms with E-state index in [4.69, 9.17) is 9.84 Å². The maximum atomic E-state index is 10.6. The minimum Gasteiger partial charge on any atom is -0.477 e. The summed E-state index contributed by atoms with van der Waals surface area (Å²) < 4.78 is 5.27. The number of nitrogens with one attached hydrogen (secondary N) is 1. The Labute approximate surface area is 81.1 Å². The lowest BCUT2D eigenvalue weighted by atomic mass is 10.2. The number of carboxylic acids is 1. The van der Waals surface area contributed by atoms with Crippen molar-refractivity contribution in [3.8, 4) is 0 Å². The van der Waals surface area contributed by atoms with Crippen LogP contribution in [0.5, 0.6) is 0 Å². The van der Waals surface area contributed by atoms with Crippen LogP contribution in [-0.4, -0.2) is 28.2 Å². The first-order valence-corrected chi connectivity index (χ1v) is 4.53. The Morgan fingerprint density at radius 2 is 2.50 bits per heavy atom. The van der Waals surface area contributed by atoms with Gasteiger partial charge in [-0.2, -0.15) is 0 Å². The summed E-state index contributed by atoms with van der Waals surface area (Å²) in [5.41, 5.74) is 0.114. The van der Waals surface area contributed by atoms with Crippen LogP contribution in [0.3, 0.4) is 0 Å². The highest BCUT2D eigenvalue weighted by atomic mass is 16.5. The SMILES string of the molecule is COC(c1ncc(C(=O)O)[nH]1)C1CC1. The summed E-state index contributed by atoms with van der Waals surface area (Å²) in [6.07, 6.45) is 3.50. The van der Waals surface area contributed by atoms with Crippen LogP contribution in [0.1, 0.15) is 35.3 Å². The number of hydrogen-bond donors (Lipinski definition) is 2. The molecule has 1 aromatic rings. The second-order valence-corrected chi connectivity index (χ2v) is 3.48. The van der Waals surface area contributed by atoms with Gasteiger partial charge < -0.3 is 14.8 Å². The zero-order valence-corrected chi connectivity index (χ0v) is 7.86. The fourth-order valence-corrected chi connectivity index (χ4v) is 1.52. The number of imidazole rings is 1. The number of aromatic amines is 1. The van der Waals surface area contributed by atoms with Gasteiger partial charge in [0.2, 0.25) is 0 Å². The Morgan fingerprint density at radius 3 is 2.93 bits per heavy atom. The van der Waals surface area contributed by atoms with Crippen molar-refractivity contribution in [3.63, 3.8) is 0 Å². The van der Waals surface area contributed by atoms with E-state index < -0.39 is 5.97 Å². The number of nitrogens with zero attached hydrogens (tertiary/aromatic N) is 1. The predicted molar refractivity (Wildman–Crippen MR) is 48.0 cm³/mol. The van der Waals surface area contributed by atoms with Gasteiger partial charge in [-0.1, -0.05) is 0 Å². The molecule has 5 nitrogen and oxygen atoms in total. The highest BCUT2D eigenvalue weighted by Gasteiger charge is 2.34. The molecular weight excluding hydrogens is 184 g/mol. The molecule has 0 radical (unpaired) electrons. The van der Waals surface area contributed by atoms with Gasteiger partial charge in [-0.25, -0.2) is 9.78 Å². The smallest absolute Gasteiger partial charge is 0.353 e. The largest absolute Gasteiger partial charge is 0.477 e. The van der Waals surface area contributed by atoms with Crippen LogP contribution in [0, 0.1) is 5.92 Å². The molecule has 5 heteroatoms. The molecule has 0 spiro atoms. The van der Waals surface area contributed by atoms with Crippen LogP contribution in [0.4, 0.5) is 0 Å². The average molecular weight is 196 g/mol. The van der Waals surface area contributed by atoms with E-state index in [1.165, 1.54) is 6.20 Å². The topological polar surface area (TPSA) is 75.2 Å². The zero-order valence-electron chi connectivity index (χ0n) is 7.86. The van der Waals surface area contributed by atoms with Crippen LogP contribution in [0.15, 0.2) is 6.20 Å². The number of carbonyl (C=O) groups is 1. The molecule has 2 rings (SSSR count). The van der Waals surface area contributed by atoms with Crippen molar-refractivity contribution in [2.45, 2.75) is 18.9 Å². The van der Waals surface area contributed by atoms with Gasteiger partial charge in [-0.05, 0) is 18.8 Å². The van der Waals surface area contributed by atoms with E-state index in [-0.39, 0.29) is 11.8 Å². The number of methoxy groups -OCH3 is 1. The maximum absolute atomic E-state index is 10.6. The van der Waals surface area contributed by atoms with Crippen molar-refractivity contribution in [1.29, 1.82) is 0 Å². The molecule has 1 fully saturated rings. The molecule has 76 valence electrons. The number of H-pyrrole nitrogens is 1. The number of hydrogen-bond acceptors (Lipinski definition) is 3. The Balaban J connectivity index is 2.17. The van der Waals surface area contributed by atoms with Crippen LogP contribution >= 0.6 is 0 Å². The fraction of sp³-hybridized carbons (Fsp3) is 0.556. The molecule has 0 aliphatic heterocycles. The predicted octanol–water partition coefficient (Wildman–Crippen LogP) is 1.21. The van der Waals surface area contributed by atoms with Crippen LogP contribution in [-0.2, 0) is 4.74 Å². The summed E-state index contributed by atoms with van der Waals surface area (Å²) in [7, 11) is 1.62. The van der Waals surface area contributed by atoms with E-state index >= 15 is 0 Å². The molecule has 14 heavy (non-hydrogen) atoms. The van der Waals surface area contributed by atoms with Gasteiger partial charge in [-0.3, -0.25) is 0 Å². The molecule has 0 bridgehead atoms. The van der Waals surface area contributed by atoms with Gasteiger partial charge in [-0.15, -0.1) is 0 Å². The van der Waals surface area contributed by atoms with E-state index in [0.29, 0.717) is 11.7 Å². The van der Waals surface area contributed by atoms with Gasteiger partial charge in [0.1, 0.15) is 17.6 Å². The van der Waals surface area contributed by atoms with Crippen molar-refractivity contribution < 1.29 is 14.6 Å². The minimum absolute atomic E-state index is 0.0805. The first-order valence-electron chi connectivity index (χ1n) is 4.53. The van der Waals surface area contributed by atoms with Crippen LogP contribution in [0.25, 0.3) is 0 Å². The molecular formula is C9H12N2O3. The van der Waals surface area contributed by atoms with Gasteiger partial charge in [0, 0.05) is 7.11 Å². The third kappa shape index (κ3) is 1.63. The Morgan fingerprint density at radius 1 is 1.79 bits per heavy atom. The van der Waals surface area contributed by atoms with Crippen molar-refractivity contribution in [3.05, 3.63) is 17.7 Å². The van der Waals surface area contributed by atoms with Gasteiger partial charge >= 0.3 is 5.97 Å². The van der Waals surface area contributed by atoms with E-state index in [1.54, 1.807) is 7.11 Å². The Kier molecular flexibility index (Phi) is 2.25. The highest BCUT2D eigenvalue weighted by Crippen LogP contribution is 2.41. The molecule has 1 aliphatic rings. The number of aromatic nitrogens is 2. The van der Waals surface area contributed by atoms with Crippen molar-refractivity contribution in [2.24, 2.45) is 5.92 Å². The number of ether oxygens (including phenoxy) is 1.